The smallest absolute Gasteiger partial charge is 0.302 e. The van der Waals surface area contributed by atoms with Crippen molar-refractivity contribution in [2.24, 2.45) is 25.0 Å². The largest absolute Gasteiger partial charge is 0.323 e. The van der Waals surface area contributed by atoms with Gasteiger partial charge in [-0.15, -0.1) is 0 Å². The second-order valence-corrected chi connectivity index (χ2v) is 33.6. The lowest BCUT2D eigenvalue weighted by atomic mass is 9.90. The Morgan fingerprint density at radius 2 is 0.611 bits per heavy atom. The zero-order valence-electron chi connectivity index (χ0n) is 72.7. The number of benzene rings is 16. The first kappa shape index (κ1) is 80.0. The number of aromatic nitrogens is 6. The number of rotatable bonds is 23. The molecule has 0 fully saturated rings. The normalized spacial score (nSPS) is 15.8. The summed E-state index contributed by atoms with van der Waals surface area (Å²) in [6, 6.07) is 161. The summed E-state index contributed by atoms with van der Waals surface area (Å²) in [5.74, 6) is 0.630. The van der Waals surface area contributed by atoms with Gasteiger partial charge in [0.15, 0.2) is 5.66 Å². The zero-order chi connectivity index (χ0) is 87.8. The van der Waals surface area contributed by atoms with Crippen molar-refractivity contribution < 1.29 is 4.68 Å². The van der Waals surface area contributed by atoms with E-state index < -0.39 is 17.6 Å². The minimum absolute atomic E-state index is 0.406. The molecule has 12 nitrogen and oxygen atoms in total. The Balaban J connectivity index is 0.873. The summed E-state index contributed by atoms with van der Waals surface area (Å²) in [6.45, 7) is 6.91. The fourth-order valence-electron chi connectivity index (χ4n) is 18.9. The van der Waals surface area contributed by atoms with Crippen molar-refractivity contribution >= 4 is 34.3 Å². The van der Waals surface area contributed by atoms with Gasteiger partial charge in [-0.25, -0.2) is 39.9 Å². The molecule has 0 amide bonds. The summed E-state index contributed by atoms with van der Waals surface area (Å²) in [5, 5.41) is 0. The van der Waals surface area contributed by atoms with E-state index in [0.29, 0.717) is 41.6 Å². The molecule has 0 spiro atoms. The number of imidazole rings is 3. The van der Waals surface area contributed by atoms with Gasteiger partial charge in [0.2, 0.25) is 5.82 Å². The summed E-state index contributed by atoms with van der Waals surface area (Å²) in [4.78, 5) is 49.7. The van der Waals surface area contributed by atoms with E-state index in [9.17, 15) is 0 Å². The van der Waals surface area contributed by atoms with Gasteiger partial charge in [0.1, 0.15) is 28.7 Å². The van der Waals surface area contributed by atoms with Crippen LogP contribution in [0.25, 0.3) is 102 Å². The number of hydrogen-bond donors (Lipinski definition) is 0. The highest BCUT2D eigenvalue weighted by atomic mass is 15.6. The van der Waals surface area contributed by atoms with Crippen LogP contribution in [0, 0.1) is 20.8 Å². The highest BCUT2D eigenvalue weighted by molar-refractivity contribution is 6.58. The Hall–Kier alpha value is -16.8. The average molecular weight is 1690 g/mol. The van der Waals surface area contributed by atoms with Crippen LogP contribution in [0.2, 0.25) is 0 Å². The van der Waals surface area contributed by atoms with Crippen LogP contribution >= 0.6 is 0 Å². The lowest BCUT2D eigenvalue weighted by molar-refractivity contribution is -0.617. The van der Waals surface area contributed by atoms with Crippen LogP contribution in [0.3, 0.4) is 0 Å². The standard InChI is InChI=1S/C119H89N12/c1-81-68-72-95(73-69-81)115-121-107(87-49-22-7-23-50-87)111(90-55-28-10-29-56-90)129(115)119(100-65-38-15-39-66-100)126-103(85-45-18-5-19-46-85)105(127-119)98-78-97(104-102(84-43-16-4-17-44-84)124-118(125-104,101-67-41-40-42-83(101)3)76-77-128-110(89-53-26-9-27-54-89)106(86-47-20-6-21-48-86)120-114(128)93-61-34-13-35-62-93)79-99(80-98)109-113(92-59-32-12-33-60-92)131(117(123-109)96-74-70-82(2)71-75-96)130-112(91-57-30-11-31-58-91)108(88-51-24-8-25-52-88)122-116(130)94-63-36-14-37-64-94/h4-75,78-80,117H,76-77H2,1-3H3/q+1. The second-order valence-electron chi connectivity index (χ2n) is 33.6. The van der Waals surface area contributed by atoms with Crippen molar-refractivity contribution in [3.63, 3.8) is 0 Å². The lowest BCUT2D eigenvalue weighted by Crippen LogP contribution is -2.31. The van der Waals surface area contributed by atoms with E-state index in [1.54, 1.807) is 0 Å². The van der Waals surface area contributed by atoms with Gasteiger partial charge < -0.3 is 4.57 Å². The van der Waals surface area contributed by atoms with Crippen molar-refractivity contribution in [1.29, 1.82) is 0 Å². The molecular formula is C119H89N12+. The third-order valence-corrected chi connectivity index (χ3v) is 25.1. The van der Waals surface area contributed by atoms with Crippen LogP contribution in [0.1, 0.15) is 79.3 Å². The van der Waals surface area contributed by atoms with Crippen molar-refractivity contribution in [2.75, 3.05) is 0 Å². The molecule has 0 saturated carbocycles. The molecule has 0 aliphatic carbocycles. The highest BCUT2D eigenvalue weighted by Gasteiger charge is 2.49. The number of aryl methyl sites for hydroxylation is 3. The van der Waals surface area contributed by atoms with E-state index in [-0.39, 0.29) is 0 Å². The maximum Gasteiger partial charge on any atom is 0.302 e. The zero-order valence-corrected chi connectivity index (χ0v) is 72.7. The molecule has 3 aromatic heterocycles. The summed E-state index contributed by atoms with van der Waals surface area (Å²) in [7, 11) is 0. The first-order valence-corrected chi connectivity index (χ1v) is 44.7. The van der Waals surface area contributed by atoms with E-state index >= 15 is 0 Å². The fourth-order valence-corrected chi connectivity index (χ4v) is 18.9. The summed E-state index contributed by atoms with van der Waals surface area (Å²) < 4.78 is 9.50. The average Bonchev–Trinajstić information content (AvgIpc) is 1.54. The molecule has 3 atom stereocenters. The van der Waals surface area contributed by atoms with Gasteiger partial charge >= 0.3 is 6.17 Å². The molecule has 131 heavy (non-hydrogen) atoms. The Kier molecular flexibility index (Phi) is 21.1. The third-order valence-electron chi connectivity index (χ3n) is 25.1. The predicted molar refractivity (Wildman–Crippen MR) is 533 cm³/mol. The topological polar surface area (TPSA) is 118 Å². The second kappa shape index (κ2) is 34.5. The van der Waals surface area contributed by atoms with Gasteiger partial charge in [0.05, 0.1) is 51.2 Å². The molecule has 3 unspecified atom stereocenters. The van der Waals surface area contributed by atoms with Crippen LogP contribution in [0.4, 0.5) is 0 Å². The molecule has 0 bridgehead atoms. The maximum atomic E-state index is 6.56. The molecule has 3 aliphatic rings. The Morgan fingerprint density at radius 1 is 0.275 bits per heavy atom. The predicted octanol–water partition coefficient (Wildman–Crippen LogP) is 26.6. The van der Waals surface area contributed by atoms with Gasteiger partial charge in [0.25, 0.3) is 11.5 Å². The number of hydrogen-bond acceptors (Lipinski definition) is 8. The first-order chi connectivity index (χ1) is 64.7. The third kappa shape index (κ3) is 14.9. The highest BCUT2D eigenvalue weighted by Crippen LogP contribution is 2.50. The molecule has 16 aromatic carbocycles. The van der Waals surface area contributed by atoms with E-state index in [2.05, 4.69) is 494 Å². The summed E-state index contributed by atoms with van der Waals surface area (Å²) in [6.07, 6.45) is -0.321. The van der Waals surface area contributed by atoms with Gasteiger partial charge in [0, 0.05) is 108 Å². The van der Waals surface area contributed by atoms with E-state index in [4.69, 9.17) is 39.9 Å². The van der Waals surface area contributed by atoms with Crippen LogP contribution < -0.4 is 0 Å². The fraction of sp³-hybridized carbons (Fsp3) is 0.0672. The first-order valence-electron chi connectivity index (χ1n) is 44.7. The van der Waals surface area contributed by atoms with E-state index in [0.717, 1.165) is 174 Å². The van der Waals surface area contributed by atoms with Gasteiger partial charge in [-0.1, -0.05) is 433 Å². The molecule has 6 heterocycles. The van der Waals surface area contributed by atoms with Gasteiger partial charge in [-0.2, -0.15) is 0 Å². The summed E-state index contributed by atoms with van der Waals surface area (Å²) in [5.41, 5.74) is 27.8. The van der Waals surface area contributed by atoms with E-state index in [1.165, 1.54) is 0 Å². The molecule has 0 saturated heterocycles. The molecule has 0 radical (unpaired) electrons. The van der Waals surface area contributed by atoms with Crippen LogP contribution in [-0.2, 0) is 18.0 Å². The van der Waals surface area contributed by atoms with Crippen molar-refractivity contribution in [2.45, 2.75) is 51.4 Å². The maximum absolute atomic E-state index is 6.56. The van der Waals surface area contributed by atoms with Crippen LogP contribution in [-0.4, -0.2) is 67.7 Å². The number of aliphatic imine (C=N–C) groups is 5. The Bertz CT molecular complexity index is 7630. The molecule has 22 rings (SSSR count). The van der Waals surface area contributed by atoms with Crippen molar-refractivity contribution in [1.82, 2.24) is 28.8 Å². The van der Waals surface area contributed by atoms with Gasteiger partial charge in [-0.05, 0) is 68.8 Å². The SMILES string of the molecule is Cc1ccc(-c2nc(-c3ccccc3)c(-c3ccccc3)n2C2(c3ccccc3)N=C(c3ccccc3)C(c3cc(C4=NC(CCn5c(-c6ccccc6)nc(-c6ccccc6)c5-c5ccccc5)(c5ccccc5C)N=C4c4ccccc4)cc(C4=NC(c5ccc(C)cc5)[N+](n5c(-c6ccccc6)nc(-c6ccccc6)c5-c5ccccc5)=C4c4ccccc4)c3)=N2)cc1. The van der Waals surface area contributed by atoms with E-state index in [1.807, 2.05) is 0 Å². The molecule has 624 valence electrons. The summed E-state index contributed by atoms with van der Waals surface area (Å²) >= 11 is 0. The Morgan fingerprint density at radius 3 is 1.09 bits per heavy atom. The molecule has 0 N–H and O–H groups in total. The number of nitrogens with zero attached hydrogens (tertiary/aromatic N) is 12. The van der Waals surface area contributed by atoms with Gasteiger partial charge in [-0.3, -0.25) is 4.57 Å². The molecule has 3 aliphatic heterocycles. The minimum atomic E-state index is -1.62. The molecule has 19 aromatic rings. The lowest BCUT2D eigenvalue weighted by Gasteiger charge is -2.30. The quantitative estimate of drug-likeness (QED) is 0.0594. The Labute approximate surface area is 762 Å². The molecular weight excluding hydrogens is 1600 g/mol. The minimum Gasteiger partial charge on any atom is -0.323 e. The van der Waals surface area contributed by atoms with Crippen molar-refractivity contribution in [3.8, 4) is 102 Å². The monoisotopic (exact) mass is 1690 g/mol. The van der Waals surface area contributed by atoms with Crippen LogP contribution in [0.5, 0.6) is 0 Å². The molecule has 12 heteroatoms. The van der Waals surface area contributed by atoms with Crippen molar-refractivity contribution in [3.05, 3.63) is 522 Å². The van der Waals surface area contributed by atoms with Crippen LogP contribution in [0.15, 0.2) is 480 Å².